The molecule has 0 bridgehead atoms. The maximum absolute atomic E-state index is 11.7. The van der Waals surface area contributed by atoms with Gasteiger partial charge >= 0.3 is 5.69 Å². The van der Waals surface area contributed by atoms with Gasteiger partial charge in [0, 0.05) is 6.20 Å². The highest BCUT2D eigenvalue weighted by molar-refractivity contribution is 5.94. The molecule has 0 saturated heterocycles. The normalized spacial score (nSPS) is 11.3. The van der Waals surface area contributed by atoms with Crippen molar-refractivity contribution >= 4 is 5.91 Å². The number of carbonyl (C=O) groups excluding carboxylic acids is 1. The molecule has 0 aliphatic carbocycles. The van der Waals surface area contributed by atoms with E-state index in [4.69, 9.17) is 15.3 Å². The Kier molecular flexibility index (Phi) is 4.37. The van der Waals surface area contributed by atoms with E-state index in [1.54, 1.807) is 0 Å². The number of H-pyrrole nitrogens is 2. The third-order valence-electron chi connectivity index (χ3n) is 2.35. The minimum Gasteiger partial charge on any atom is -0.394 e. The number of amides is 1. The molecule has 0 saturated carbocycles. The van der Waals surface area contributed by atoms with Crippen molar-refractivity contribution in [2.75, 3.05) is 19.8 Å². The van der Waals surface area contributed by atoms with E-state index in [1.165, 1.54) is 0 Å². The quantitative estimate of drug-likeness (QED) is 0.322. The first-order valence-electron chi connectivity index (χ1n) is 4.95. The lowest BCUT2D eigenvalue weighted by Crippen LogP contribution is -2.57. The van der Waals surface area contributed by atoms with Crippen LogP contribution in [0.5, 0.6) is 0 Å². The highest BCUT2D eigenvalue weighted by Crippen LogP contribution is 2.02. The highest BCUT2D eigenvalue weighted by atomic mass is 16.3. The topological polar surface area (TPSA) is 156 Å². The molecule has 0 unspecified atom stereocenters. The average Bonchev–Trinajstić information content (AvgIpc) is 2.36. The molecule has 0 aromatic carbocycles. The molecule has 18 heavy (non-hydrogen) atoms. The molecule has 9 nitrogen and oxygen atoms in total. The predicted octanol–water partition coefficient (Wildman–Crippen LogP) is -3.49. The zero-order valence-corrected chi connectivity index (χ0v) is 9.27. The Balaban J connectivity index is 3.01. The minimum atomic E-state index is -1.64. The van der Waals surface area contributed by atoms with Crippen molar-refractivity contribution < 1.29 is 20.1 Å². The minimum absolute atomic E-state index is 0.408. The molecular weight excluding hydrogens is 246 g/mol. The molecule has 0 atom stereocenters. The van der Waals surface area contributed by atoms with Gasteiger partial charge in [-0.3, -0.25) is 14.6 Å². The van der Waals surface area contributed by atoms with Crippen LogP contribution in [0.15, 0.2) is 15.8 Å². The van der Waals surface area contributed by atoms with Gasteiger partial charge in [-0.25, -0.2) is 4.79 Å². The van der Waals surface area contributed by atoms with Gasteiger partial charge in [0.1, 0.15) is 11.1 Å². The van der Waals surface area contributed by atoms with Gasteiger partial charge in [0.25, 0.3) is 11.5 Å². The fourth-order valence-corrected chi connectivity index (χ4v) is 1.16. The van der Waals surface area contributed by atoms with Crippen molar-refractivity contribution in [2.24, 2.45) is 0 Å². The maximum Gasteiger partial charge on any atom is 0.325 e. The third-order valence-corrected chi connectivity index (χ3v) is 2.35. The van der Waals surface area contributed by atoms with Crippen LogP contribution < -0.4 is 16.6 Å². The first kappa shape index (κ1) is 14.1. The molecular formula is C9H13N3O6. The maximum atomic E-state index is 11.7. The van der Waals surface area contributed by atoms with E-state index in [0.29, 0.717) is 0 Å². The fraction of sp³-hybridized carbons (Fsp3) is 0.444. The summed E-state index contributed by atoms with van der Waals surface area (Å²) >= 11 is 0. The van der Waals surface area contributed by atoms with Crippen molar-refractivity contribution in [3.05, 3.63) is 32.6 Å². The van der Waals surface area contributed by atoms with Crippen LogP contribution in [0.1, 0.15) is 10.4 Å². The number of aromatic amines is 2. The van der Waals surface area contributed by atoms with Crippen LogP contribution in [0.2, 0.25) is 0 Å². The molecule has 0 aliphatic rings. The number of nitrogens with one attached hydrogen (secondary N) is 3. The summed E-state index contributed by atoms with van der Waals surface area (Å²) < 4.78 is 0. The molecule has 1 aromatic rings. The summed E-state index contributed by atoms with van der Waals surface area (Å²) in [7, 11) is 0. The van der Waals surface area contributed by atoms with E-state index in [1.807, 2.05) is 4.98 Å². The van der Waals surface area contributed by atoms with E-state index >= 15 is 0 Å². The number of hydrogen-bond donors (Lipinski definition) is 6. The second-order valence-electron chi connectivity index (χ2n) is 3.69. The monoisotopic (exact) mass is 259 g/mol. The van der Waals surface area contributed by atoms with Gasteiger partial charge in [0.15, 0.2) is 0 Å². The molecule has 0 aliphatic heterocycles. The smallest absolute Gasteiger partial charge is 0.325 e. The first-order chi connectivity index (χ1) is 8.48. The van der Waals surface area contributed by atoms with Crippen molar-refractivity contribution in [1.82, 2.24) is 15.3 Å². The van der Waals surface area contributed by atoms with Crippen LogP contribution in [-0.2, 0) is 0 Å². The van der Waals surface area contributed by atoms with Gasteiger partial charge in [-0.15, -0.1) is 0 Å². The first-order valence-corrected chi connectivity index (χ1v) is 4.95. The molecule has 9 heteroatoms. The second-order valence-corrected chi connectivity index (χ2v) is 3.69. The van der Waals surface area contributed by atoms with E-state index in [2.05, 4.69) is 10.3 Å². The summed E-state index contributed by atoms with van der Waals surface area (Å²) in [5.74, 6) is -0.940. The lowest BCUT2D eigenvalue weighted by molar-refractivity contribution is 0.0374. The lowest BCUT2D eigenvalue weighted by Gasteiger charge is -2.28. The molecule has 0 radical (unpaired) electrons. The Labute approximate surface area is 100 Å². The molecule has 0 spiro atoms. The lowest BCUT2D eigenvalue weighted by atomic mass is 10.0. The van der Waals surface area contributed by atoms with Crippen molar-refractivity contribution in [3.8, 4) is 0 Å². The third kappa shape index (κ3) is 2.83. The molecule has 1 amide bonds. The zero-order chi connectivity index (χ0) is 13.8. The summed E-state index contributed by atoms with van der Waals surface area (Å²) in [5.41, 5.74) is -3.73. The molecule has 1 rings (SSSR count). The number of aliphatic hydroxyl groups is 3. The highest BCUT2D eigenvalue weighted by Gasteiger charge is 2.31. The van der Waals surface area contributed by atoms with E-state index < -0.39 is 48.1 Å². The summed E-state index contributed by atoms with van der Waals surface area (Å²) in [6.45, 7) is -2.15. The largest absolute Gasteiger partial charge is 0.394 e. The van der Waals surface area contributed by atoms with Crippen LogP contribution in [0.3, 0.4) is 0 Å². The van der Waals surface area contributed by atoms with Crippen LogP contribution in [0.25, 0.3) is 0 Å². The summed E-state index contributed by atoms with van der Waals surface area (Å²) in [4.78, 5) is 37.7. The summed E-state index contributed by atoms with van der Waals surface area (Å²) in [6, 6.07) is 0. The molecule has 1 heterocycles. The van der Waals surface area contributed by atoms with Crippen molar-refractivity contribution in [1.29, 1.82) is 0 Å². The van der Waals surface area contributed by atoms with Gasteiger partial charge in [-0.1, -0.05) is 0 Å². The SMILES string of the molecule is O=C(NC(CO)(CO)CO)c1c[nH]c(=O)[nH]c1=O. The van der Waals surface area contributed by atoms with Gasteiger partial charge in [0.2, 0.25) is 0 Å². The summed E-state index contributed by atoms with van der Waals surface area (Å²) in [6.07, 6.45) is 0.896. The second kappa shape index (κ2) is 5.58. The van der Waals surface area contributed by atoms with Crippen molar-refractivity contribution in [3.63, 3.8) is 0 Å². The fourth-order valence-electron chi connectivity index (χ4n) is 1.16. The molecule has 1 aromatic heterocycles. The average molecular weight is 259 g/mol. The van der Waals surface area contributed by atoms with Crippen LogP contribution >= 0.6 is 0 Å². The number of rotatable bonds is 5. The Bertz CT molecular complexity index is 521. The van der Waals surface area contributed by atoms with Crippen molar-refractivity contribution in [2.45, 2.75) is 5.54 Å². The van der Waals surface area contributed by atoms with Crippen LogP contribution in [0, 0.1) is 0 Å². The van der Waals surface area contributed by atoms with Crippen LogP contribution in [0.4, 0.5) is 0 Å². The Morgan fingerprint density at radius 1 is 1.22 bits per heavy atom. The van der Waals surface area contributed by atoms with E-state index in [9.17, 15) is 14.4 Å². The number of aliphatic hydroxyl groups excluding tert-OH is 3. The summed E-state index contributed by atoms with van der Waals surface area (Å²) in [5, 5.41) is 29.1. The number of hydrogen-bond acceptors (Lipinski definition) is 6. The molecule has 100 valence electrons. The Morgan fingerprint density at radius 3 is 2.22 bits per heavy atom. The predicted molar refractivity (Wildman–Crippen MR) is 59.1 cm³/mol. The van der Waals surface area contributed by atoms with E-state index in [-0.39, 0.29) is 0 Å². The van der Waals surface area contributed by atoms with Gasteiger partial charge in [-0.05, 0) is 0 Å². The molecule has 6 N–H and O–H groups in total. The van der Waals surface area contributed by atoms with E-state index in [0.717, 1.165) is 6.20 Å². The van der Waals surface area contributed by atoms with Gasteiger partial charge in [-0.2, -0.15) is 0 Å². The molecule has 0 fully saturated rings. The van der Waals surface area contributed by atoms with Crippen LogP contribution in [-0.4, -0.2) is 56.6 Å². The van der Waals surface area contributed by atoms with Gasteiger partial charge in [0.05, 0.1) is 19.8 Å². The standard InChI is InChI=1S/C9H13N3O6/c13-2-9(3-14,4-15)12-7(17)5-1-10-8(18)11-6(5)16/h1,13-15H,2-4H2,(H,12,17)(H2,10,11,16,18). The van der Waals surface area contributed by atoms with Gasteiger partial charge < -0.3 is 25.6 Å². The Morgan fingerprint density at radius 2 is 1.78 bits per heavy atom. The number of aromatic nitrogens is 2. The number of carbonyl (C=O) groups is 1. The Hall–Kier alpha value is -1.97. The zero-order valence-electron chi connectivity index (χ0n) is 9.27.